The van der Waals surface area contributed by atoms with E-state index in [9.17, 15) is 109 Å². The third kappa shape index (κ3) is 25.7. The number of carbonyl (C=O) groups is 7. The number of aliphatic hydroxyl groups excluding tert-OH is 11. The van der Waals surface area contributed by atoms with E-state index in [-0.39, 0.29) is 31.3 Å². The van der Waals surface area contributed by atoms with Gasteiger partial charge in [-0.05, 0) is 98.3 Å². The maximum Gasteiger partial charge on any atom is 0.474 e. The zero-order valence-corrected chi connectivity index (χ0v) is 63.7. The predicted molar refractivity (Wildman–Crippen MR) is 374 cm³/mol. The third-order valence-electron chi connectivity index (χ3n) is 19.0. The number of ether oxygens (including phenoxy) is 11. The lowest BCUT2D eigenvalue weighted by molar-refractivity contribution is -0.375. The van der Waals surface area contributed by atoms with Gasteiger partial charge in [-0.25, -0.2) is 18.9 Å². The predicted octanol–water partition coefficient (Wildman–Crippen LogP) is -1.60. The zero-order valence-electron chi connectivity index (χ0n) is 62.8. The molecular formula is C70H109N4O35P. The quantitative estimate of drug-likeness (QED) is 0.0144. The summed E-state index contributed by atoms with van der Waals surface area (Å²) in [6.07, 6.45) is -35.5. The number of carboxylic acid groups (broad SMARTS) is 1. The number of hydrogen-bond acceptors (Lipinski definition) is 33. The second-order valence-corrected chi connectivity index (χ2v) is 30.5. The monoisotopic (exact) mass is 1600 g/mol. The molecule has 3 unspecified atom stereocenters. The highest BCUT2D eigenvalue weighted by Gasteiger charge is 2.63. The summed E-state index contributed by atoms with van der Waals surface area (Å²) >= 11 is 0. The number of rotatable bonds is 37. The van der Waals surface area contributed by atoms with Crippen LogP contribution < -0.4 is 21.7 Å². The van der Waals surface area contributed by atoms with Crippen LogP contribution in [0.3, 0.4) is 0 Å². The van der Waals surface area contributed by atoms with Gasteiger partial charge in [-0.15, -0.1) is 0 Å². The Morgan fingerprint density at radius 3 is 1.90 bits per heavy atom. The zero-order chi connectivity index (χ0) is 82.2. The first-order chi connectivity index (χ1) is 51.4. The van der Waals surface area contributed by atoms with Crippen molar-refractivity contribution in [2.45, 2.75) is 292 Å². The van der Waals surface area contributed by atoms with Crippen LogP contribution in [0, 0.1) is 5.41 Å². The van der Waals surface area contributed by atoms with Crippen molar-refractivity contribution in [1.82, 2.24) is 16.0 Å². The molecule has 27 atom stereocenters. The molecule has 624 valence electrons. The SMILES string of the molecule is C=C(C/C=C(\C)CCC=C(C)C)CCC(C)(C)/C=C/CC/C(C)=C/CCOC(=O)[C@H](O)COP(=O)(O)O[C@H]1O[C@H](C(=O)O)[C@@](C)(O)[C@H](OC(N)=O)C1O[C@@H]1O[C@H](COC2O[C@H](CO)[C@@H](O)[C@H](O)[C@H]2O)[C@@H](O[C@@H]2O[C@H](C)[C@@H](O[C@@H]3O[C@H](C(=O)NC4=C(O)CCC4=O)[C@H](O)[C@H](O)[C@H]3O)[C@H](O)[C@H]2NC(C)=O)[C@H](O)[C@H]1NC(C)=O. The molecule has 5 heterocycles. The summed E-state index contributed by atoms with van der Waals surface area (Å²) in [4.78, 5) is 102. The number of nitrogens with one attached hydrogen (secondary N) is 3. The van der Waals surface area contributed by atoms with Gasteiger partial charge >= 0.3 is 25.9 Å². The fourth-order valence-corrected chi connectivity index (χ4v) is 13.6. The number of carbonyl (C=O) groups excluding carboxylic acids is 6. The summed E-state index contributed by atoms with van der Waals surface area (Å²) in [5, 5.41) is 150. The van der Waals surface area contributed by atoms with Crippen molar-refractivity contribution < 1.29 is 171 Å². The van der Waals surface area contributed by atoms with Crippen molar-refractivity contribution in [3.05, 3.63) is 70.7 Å². The van der Waals surface area contributed by atoms with Gasteiger partial charge in [0.05, 0.1) is 32.5 Å². The fourth-order valence-electron chi connectivity index (χ4n) is 12.7. The summed E-state index contributed by atoms with van der Waals surface area (Å²) in [5.74, 6) is -7.85. The number of phosphoric ester groups is 1. The van der Waals surface area contributed by atoms with Gasteiger partial charge in [-0.3, -0.25) is 28.2 Å². The van der Waals surface area contributed by atoms with E-state index in [1.165, 1.54) is 18.1 Å². The summed E-state index contributed by atoms with van der Waals surface area (Å²) in [6.45, 7) is 16.8. The van der Waals surface area contributed by atoms with Crippen LogP contribution >= 0.6 is 7.82 Å². The van der Waals surface area contributed by atoms with E-state index in [1.807, 2.05) is 13.0 Å². The average molecular weight is 1600 g/mol. The van der Waals surface area contributed by atoms with E-state index in [1.54, 1.807) is 0 Å². The van der Waals surface area contributed by atoms with Gasteiger partial charge in [0.1, 0.15) is 102 Å². The van der Waals surface area contributed by atoms with Crippen molar-refractivity contribution >= 4 is 49.4 Å². The minimum Gasteiger partial charge on any atom is -0.510 e. The molecule has 5 saturated heterocycles. The molecule has 4 amide bonds. The highest BCUT2D eigenvalue weighted by Crippen LogP contribution is 2.49. The number of esters is 1. The number of carboxylic acids is 1. The van der Waals surface area contributed by atoms with Gasteiger partial charge in [0.25, 0.3) is 5.91 Å². The molecule has 0 bridgehead atoms. The largest absolute Gasteiger partial charge is 0.510 e. The Morgan fingerprint density at radius 1 is 0.718 bits per heavy atom. The molecule has 0 aromatic carbocycles. The molecule has 6 rings (SSSR count). The lowest BCUT2D eigenvalue weighted by Gasteiger charge is -2.51. The van der Waals surface area contributed by atoms with Crippen LogP contribution in [0.15, 0.2) is 70.7 Å². The Balaban J connectivity index is 1.20. The van der Waals surface area contributed by atoms with Crippen molar-refractivity contribution in [2.75, 3.05) is 26.4 Å². The van der Waals surface area contributed by atoms with E-state index in [0.717, 1.165) is 57.1 Å². The van der Waals surface area contributed by atoms with Crippen LogP contribution in [0.25, 0.3) is 0 Å². The van der Waals surface area contributed by atoms with Crippen LogP contribution in [0.4, 0.5) is 4.79 Å². The molecule has 1 aliphatic carbocycles. The number of hydrogen-bond donors (Lipinski definition) is 18. The second-order valence-electron chi connectivity index (χ2n) is 29.1. The van der Waals surface area contributed by atoms with Crippen molar-refractivity contribution in [3.8, 4) is 0 Å². The molecule has 0 aromatic heterocycles. The number of phosphoric acid groups is 1. The third-order valence-corrected chi connectivity index (χ3v) is 19.9. The van der Waals surface area contributed by atoms with E-state index in [0.29, 0.717) is 19.8 Å². The molecule has 5 aliphatic heterocycles. The number of ketones is 1. The van der Waals surface area contributed by atoms with Gasteiger partial charge in [0.2, 0.25) is 11.8 Å². The summed E-state index contributed by atoms with van der Waals surface area (Å²) < 4.78 is 87.7. The average Bonchev–Trinajstić information content (AvgIpc) is 0.801. The molecule has 5 fully saturated rings. The van der Waals surface area contributed by atoms with E-state index in [4.69, 9.17) is 66.9 Å². The summed E-state index contributed by atoms with van der Waals surface area (Å²) in [6, 6.07) is -4.03. The number of aliphatic hydroxyl groups is 12. The molecule has 39 nitrogen and oxygen atoms in total. The van der Waals surface area contributed by atoms with Gasteiger partial charge in [0.15, 0.2) is 67.8 Å². The van der Waals surface area contributed by atoms with Crippen molar-refractivity contribution in [3.63, 3.8) is 0 Å². The lowest BCUT2D eigenvalue weighted by atomic mass is 9.85. The first-order valence-corrected chi connectivity index (χ1v) is 37.3. The van der Waals surface area contributed by atoms with Crippen LogP contribution in [0.1, 0.15) is 133 Å². The lowest BCUT2D eigenvalue weighted by Crippen LogP contribution is -2.72. The minimum absolute atomic E-state index is 0.0883. The van der Waals surface area contributed by atoms with E-state index in [2.05, 4.69) is 81.5 Å². The number of primary amides is 1. The Morgan fingerprint density at radius 2 is 1.30 bits per heavy atom. The molecule has 0 saturated carbocycles. The normalized spacial score (nSPS) is 35.4. The highest BCUT2D eigenvalue weighted by atomic mass is 31.2. The molecule has 0 radical (unpaired) electrons. The van der Waals surface area contributed by atoms with Gasteiger partial charge in [0, 0.05) is 26.7 Å². The van der Waals surface area contributed by atoms with E-state index < -0.39 is 240 Å². The Bertz CT molecular complexity index is 3380. The topological polar surface area (TPSA) is 602 Å². The Hall–Kier alpha value is -6.16. The van der Waals surface area contributed by atoms with Crippen LogP contribution in [0.5, 0.6) is 0 Å². The molecular weight excluding hydrogens is 1490 g/mol. The van der Waals surface area contributed by atoms with Crippen LogP contribution in [-0.2, 0) is 94.5 Å². The number of Topliss-reactive ketones (excluding diaryl/α,β-unsaturated/α-hetero) is 1. The summed E-state index contributed by atoms with van der Waals surface area (Å²) in [5.41, 5.74) is 6.50. The minimum atomic E-state index is -5.89. The van der Waals surface area contributed by atoms with Gasteiger partial charge in [-0.1, -0.05) is 73.1 Å². The van der Waals surface area contributed by atoms with Crippen LogP contribution in [0.2, 0.25) is 0 Å². The van der Waals surface area contributed by atoms with E-state index >= 15 is 0 Å². The number of aliphatic carboxylic acids is 1. The number of nitrogens with two attached hydrogens (primary N) is 1. The first-order valence-electron chi connectivity index (χ1n) is 35.8. The first kappa shape index (κ1) is 92.7. The Labute approximate surface area is 634 Å². The summed E-state index contributed by atoms with van der Waals surface area (Å²) in [7, 11) is -5.89. The number of amides is 4. The second kappa shape index (κ2) is 41.2. The molecule has 110 heavy (non-hydrogen) atoms. The number of allylic oxidation sites excluding steroid dienone is 10. The fraction of sp³-hybridized carbons (Fsp3) is 0.729. The molecule has 0 spiro atoms. The maximum atomic E-state index is 13.9. The van der Waals surface area contributed by atoms with Crippen molar-refractivity contribution in [2.24, 2.45) is 11.1 Å². The molecule has 40 heteroatoms. The molecule has 19 N–H and O–H groups in total. The highest BCUT2D eigenvalue weighted by molar-refractivity contribution is 7.47. The van der Waals surface area contributed by atoms with Crippen molar-refractivity contribution in [1.29, 1.82) is 0 Å². The smallest absolute Gasteiger partial charge is 0.474 e. The molecule has 6 aliphatic rings. The van der Waals surface area contributed by atoms with Gasteiger partial charge < -0.3 is 145 Å². The standard InChI is InChI=1S/C70H109N4O35P/c1-31(2)16-14-18-33(4)20-21-34(5)24-26-69(9,10)25-13-12-17-32(3)19-15-27-97-62(92)40(80)29-99-110(95,96)109-67-57(58(108-68(71)93)70(11,94)59(107-67)61(90)91)106-64-45(73-37(8)77)48(83)55(42(102-64)30-98-65-52(87)49(84)46(81)41(28-75)101-65)104-63-44(72-36(7)76)47(82)54(35(6)100-63)103-66-53(88)50(85)51(86)56(105-66)60(89)74-43-38(78)22-23-39(43)79/h13,16,19-20,25,35,40-42,44-59,63-67,75,78,80-88,94H,5,12,14-15,17-18,21-24,26-30H2,1-4,6-11H3,(H2,71,93)(H,72,76)(H,73,77)(H,74,89)(H,90,91)(H,95,96)/b25-13+,32-19+,33-20+/t35-,40-,41-,42-,44-,45-,46-,47-,48-,49+,50+,51-,52-,53-,54-,55-,56+,57?,58-,59-,63+,64+,65?,66-,67-,70+/m1/s1. The Kier molecular flexibility index (Phi) is 34.7. The van der Waals surface area contributed by atoms with Gasteiger partial charge in [-0.2, -0.15) is 0 Å². The molecule has 0 aromatic rings. The van der Waals surface area contributed by atoms with Crippen LogP contribution in [-0.4, -0.2) is 298 Å². The maximum absolute atomic E-state index is 13.9.